The van der Waals surface area contributed by atoms with Crippen LogP contribution < -0.4 is 10.1 Å². The lowest BCUT2D eigenvalue weighted by molar-refractivity contribution is -0.0819. The highest BCUT2D eigenvalue weighted by molar-refractivity contribution is 7.88. The van der Waals surface area contributed by atoms with Gasteiger partial charge in [-0.05, 0) is 42.4 Å². The van der Waals surface area contributed by atoms with Gasteiger partial charge in [0.15, 0.2) is 0 Å². The van der Waals surface area contributed by atoms with E-state index in [1.807, 2.05) is 67.7 Å². The molecule has 3 aromatic rings. The summed E-state index contributed by atoms with van der Waals surface area (Å²) in [7, 11) is -0.172. The highest BCUT2D eigenvalue weighted by Crippen LogP contribution is 2.43. The predicted octanol–water partition coefficient (Wildman–Crippen LogP) is 3.82. The van der Waals surface area contributed by atoms with Crippen LogP contribution in [-0.4, -0.2) is 52.5 Å². The zero-order valence-electron chi connectivity index (χ0n) is 20.6. The van der Waals surface area contributed by atoms with Crippen molar-refractivity contribution in [2.45, 2.75) is 17.8 Å². The van der Waals surface area contributed by atoms with Crippen LogP contribution in [0.3, 0.4) is 0 Å². The molecule has 0 aromatic heterocycles. The smallest absolute Gasteiger partial charge is 0.339 e. The van der Waals surface area contributed by atoms with Gasteiger partial charge < -0.3 is 14.8 Å². The third-order valence-corrected chi connectivity index (χ3v) is 8.51. The number of benzene rings is 3. The Hall–Kier alpha value is -3.20. The molecule has 36 heavy (non-hydrogen) atoms. The molecule has 0 aliphatic carbocycles. The second-order valence-corrected chi connectivity index (χ2v) is 11.0. The fraction of sp³-hybridized carbons (Fsp3) is 0.321. The van der Waals surface area contributed by atoms with Gasteiger partial charge in [-0.25, -0.2) is 17.5 Å². The van der Waals surface area contributed by atoms with Gasteiger partial charge in [0, 0.05) is 32.0 Å². The van der Waals surface area contributed by atoms with Gasteiger partial charge in [0.2, 0.25) is 10.0 Å². The molecule has 1 aliphatic heterocycles. The standard InChI is InChI=1S/C28H32N2O5S/c1-29-19-25-20-30(36(32,33)21-22-10-5-3-6-11-22)17-16-28(25,24-14-9-15-26(18-24)34-2)35-27(31)23-12-7-4-8-13-23/h3-15,18,25,29H,16-17,19-21H2,1-2H3. The normalized spacial score (nSPS) is 20.6. The molecule has 3 aromatic carbocycles. The number of piperidine rings is 1. The Bertz CT molecular complexity index is 1270. The monoisotopic (exact) mass is 508 g/mol. The fourth-order valence-corrected chi connectivity index (χ4v) is 6.42. The Balaban J connectivity index is 1.70. The lowest BCUT2D eigenvalue weighted by Crippen LogP contribution is -2.56. The van der Waals surface area contributed by atoms with Gasteiger partial charge in [0.1, 0.15) is 11.4 Å². The Morgan fingerprint density at radius 1 is 1.03 bits per heavy atom. The van der Waals surface area contributed by atoms with Crippen molar-refractivity contribution in [3.8, 4) is 5.75 Å². The highest BCUT2D eigenvalue weighted by atomic mass is 32.2. The average Bonchev–Trinajstić information content (AvgIpc) is 2.90. The highest BCUT2D eigenvalue weighted by Gasteiger charge is 2.49. The molecule has 0 spiro atoms. The fourth-order valence-electron chi connectivity index (χ4n) is 4.84. The Morgan fingerprint density at radius 2 is 1.72 bits per heavy atom. The third-order valence-electron chi connectivity index (χ3n) is 6.69. The molecule has 1 heterocycles. The van der Waals surface area contributed by atoms with Crippen LogP contribution in [-0.2, 0) is 26.1 Å². The lowest BCUT2D eigenvalue weighted by atomic mass is 9.76. The summed E-state index contributed by atoms with van der Waals surface area (Å²) in [5, 5.41) is 3.18. The van der Waals surface area contributed by atoms with Crippen LogP contribution in [0.25, 0.3) is 0 Å². The Kier molecular flexibility index (Phi) is 8.08. The van der Waals surface area contributed by atoms with E-state index in [2.05, 4.69) is 5.32 Å². The van der Waals surface area contributed by atoms with Crippen LogP contribution in [0.15, 0.2) is 84.9 Å². The molecule has 1 aliphatic rings. The number of hydrogen-bond acceptors (Lipinski definition) is 6. The van der Waals surface area contributed by atoms with Crippen LogP contribution in [0.4, 0.5) is 0 Å². The summed E-state index contributed by atoms with van der Waals surface area (Å²) < 4.78 is 40.1. The van der Waals surface area contributed by atoms with E-state index in [0.29, 0.717) is 24.3 Å². The topological polar surface area (TPSA) is 84.9 Å². The summed E-state index contributed by atoms with van der Waals surface area (Å²) in [6, 6.07) is 25.5. The number of hydrogen-bond donors (Lipinski definition) is 1. The average molecular weight is 509 g/mol. The maximum absolute atomic E-state index is 13.4. The van der Waals surface area contributed by atoms with Crippen molar-refractivity contribution < 1.29 is 22.7 Å². The molecule has 1 N–H and O–H groups in total. The maximum atomic E-state index is 13.4. The molecule has 0 bridgehead atoms. The van der Waals surface area contributed by atoms with E-state index in [-0.39, 0.29) is 24.8 Å². The van der Waals surface area contributed by atoms with Gasteiger partial charge >= 0.3 is 5.97 Å². The minimum atomic E-state index is -3.57. The van der Waals surface area contributed by atoms with Crippen molar-refractivity contribution in [1.82, 2.24) is 9.62 Å². The molecule has 1 fully saturated rings. The van der Waals surface area contributed by atoms with Gasteiger partial charge in [0.25, 0.3) is 0 Å². The number of carbonyl (C=O) groups excluding carboxylic acids is 1. The number of esters is 1. The number of nitrogens with zero attached hydrogens (tertiary/aromatic N) is 1. The van der Waals surface area contributed by atoms with Gasteiger partial charge in [-0.15, -0.1) is 0 Å². The second kappa shape index (κ2) is 11.2. The Labute approximate surface area is 213 Å². The molecule has 4 rings (SSSR count). The summed E-state index contributed by atoms with van der Waals surface area (Å²) in [6.07, 6.45) is 0.319. The summed E-state index contributed by atoms with van der Waals surface area (Å²) in [6.45, 7) is 0.903. The first-order chi connectivity index (χ1) is 17.4. The molecular weight excluding hydrogens is 476 g/mol. The maximum Gasteiger partial charge on any atom is 0.339 e. The zero-order chi connectivity index (χ0) is 25.6. The number of nitrogens with one attached hydrogen (secondary N) is 1. The lowest BCUT2D eigenvalue weighted by Gasteiger charge is -2.47. The van der Waals surface area contributed by atoms with E-state index in [9.17, 15) is 13.2 Å². The molecule has 8 heteroatoms. The van der Waals surface area contributed by atoms with Crippen LogP contribution in [0.1, 0.15) is 27.9 Å². The quantitative estimate of drug-likeness (QED) is 0.443. The van der Waals surface area contributed by atoms with Crippen molar-refractivity contribution in [2.24, 2.45) is 5.92 Å². The molecule has 2 atom stereocenters. The van der Waals surface area contributed by atoms with Gasteiger partial charge in [0.05, 0.1) is 18.4 Å². The molecule has 0 radical (unpaired) electrons. The van der Waals surface area contributed by atoms with Gasteiger partial charge in [-0.3, -0.25) is 0 Å². The van der Waals surface area contributed by atoms with Crippen LogP contribution in [0, 0.1) is 5.92 Å². The first kappa shape index (κ1) is 25.9. The van der Waals surface area contributed by atoms with E-state index < -0.39 is 21.6 Å². The Morgan fingerprint density at radius 3 is 2.39 bits per heavy atom. The van der Waals surface area contributed by atoms with E-state index in [0.717, 1.165) is 11.1 Å². The largest absolute Gasteiger partial charge is 0.497 e. The van der Waals surface area contributed by atoms with Crippen LogP contribution in [0.5, 0.6) is 5.75 Å². The first-order valence-corrected chi connectivity index (χ1v) is 13.6. The minimum Gasteiger partial charge on any atom is -0.497 e. The molecule has 7 nitrogen and oxygen atoms in total. The van der Waals surface area contributed by atoms with E-state index in [4.69, 9.17) is 9.47 Å². The molecule has 1 saturated heterocycles. The van der Waals surface area contributed by atoms with E-state index in [1.165, 1.54) is 4.31 Å². The molecular formula is C28H32N2O5S. The third kappa shape index (κ3) is 5.61. The number of rotatable bonds is 9. The van der Waals surface area contributed by atoms with Crippen molar-refractivity contribution in [3.63, 3.8) is 0 Å². The molecule has 2 unspecified atom stereocenters. The second-order valence-electron chi connectivity index (χ2n) is 8.98. The summed E-state index contributed by atoms with van der Waals surface area (Å²) in [5.41, 5.74) is 0.930. The van der Waals surface area contributed by atoms with Crippen molar-refractivity contribution in [3.05, 3.63) is 102 Å². The number of carbonyl (C=O) groups is 1. The number of sulfonamides is 1. The van der Waals surface area contributed by atoms with E-state index in [1.54, 1.807) is 31.4 Å². The molecule has 0 saturated carbocycles. The molecule has 0 amide bonds. The van der Waals surface area contributed by atoms with Gasteiger partial charge in [-0.2, -0.15) is 0 Å². The zero-order valence-corrected chi connectivity index (χ0v) is 21.4. The minimum absolute atomic E-state index is 0.0733. The summed E-state index contributed by atoms with van der Waals surface area (Å²) in [5.74, 6) is -0.206. The molecule has 190 valence electrons. The van der Waals surface area contributed by atoms with E-state index >= 15 is 0 Å². The SMILES string of the molecule is CNCC1CN(S(=O)(=O)Cc2ccccc2)CCC1(OC(=O)c1ccccc1)c1cccc(OC)c1. The van der Waals surface area contributed by atoms with Crippen molar-refractivity contribution in [2.75, 3.05) is 33.8 Å². The summed E-state index contributed by atoms with van der Waals surface area (Å²) in [4.78, 5) is 13.3. The first-order valence-electron chi connectivity index (χ1n) is 12.0. The van der Waals surface area contributed by atoms with Crippen molar-refractivity contribution >= 4 is 16.0 Å². The van der Waals surface area contributed by atoms with Crippen LogP contribution >= 0.6 is 0 Å². The van der Waals surface area contributed by atoms with Crippen LogP contribution in [0.2, 0.25) is 0 Å². The van der Waals surface area contributed by atoms with Gasteiger partial charge in [-0.1, -0.05) is 60.7 Å². The predicted molar refractivity (Wildman–Crippen MR) is 139 cm³/mol. The summed E-state index contributed by atoms with van der Waals surface area (Å²) >= 11 is 0. The number of ether oxygens (including phenoxy) is 2. The van der Waals surface area contributed by atoms with Crippen molar-refractivity contribution in [1.29, 1.82) is 0 Å². The number of methoxy groups -OCH3 is 1.